The van der Waals surface area contributed by atoms with Crippen molar-refractivity contribution in [1.29, 1.82) is 5.26 Å². The molecule has 13 nitrogen and oxygen atoms in total. The summed E-state index contributed by atoms with van der Waals surface area (Å²) in [6, 6.07) is 28.4. The number of rotatable bonds is 16. The molecule has 2 N–H and O–H groups in total. The van der Waals surface area contributed by atoms with Crippen LogP contribution in [0.2, 0.25) is 10.0 Å². The average Bonchev–Trinajstić information content (AvgIpc) is 3.19. The van der Waals surface area contributed by atoms with Gasteiger partial charge in [0.05, 0.1) is 31.7 Å². The summed E-state index contributed by atoms with van der Waals surface area (Å²) in [4.78, 5) is 40.1. The van der Waals surface area contributed by atoms with Gasteiger partial charge in [-0.1, -0.05) is 65.7 Å². The lowest BCUT2D eigenvalue weighted by atomic mass is 10.1. The van der Waals surface area contributed by atoms with E-state index in [0.717, 1.165) is 5.56 Å². The Labute approximate surface area is 328 Å². The predicted molar refractivity (Wildman–Crippen MR) is 208 cm³/mol. The van der Waals surface area contributed by atoms with E-state index in [2.05, 4.69) is 20.3 Å². The first-order chi connectivity index (χ1) is 26.5. The minimum absolute atomic E-state index is 0.0602. The number of anilines is 2. The van der Waals surface area contributed by atoms with E-state index in [9.17, 15) is 23.9 Å². The highest BCUT2D eigenvalue weighted by molar-refractivity contribution is 7.82. The largest absolute Gasteiger partial charge is 0.497 e. The Morgan fingerprint density at radius 1 is 0.800 bits per heavy atom. The van der Waals surface area contributed by atoms with Crippen LogP contribution in [0.25, 0.3) is 0 Å². The SMILES string of the molecule is COc1ccc(C(=O)C(C#N)N=Nc2cc(Cl)cc(OS(=O)Nc3cccc(OC(C(=O)Nc4cc(C)ccc4OC)C(=O)c4ccccc4)c3)c2Cl)cc1. The number of benzene rings is 5. The van der Waals surface area contributed by atoms with Gasteiger partial charge >= 0.3 is 11.3 Å². The number of carbonyl (C=O) groups excluding carboxylic acids is 3. The van der Waals surface area contributed by atoms with E-state index in [1.54, 1.807) is 72.8 Å². The molecule has 0 radical (unpaired) electrons. The van der Waals surface area contributed by atoms with Gasteiger partial charge in [-0.2, -0.15) is 19.7 Å². The molecule has 0 aliphatic rings. The number of hydrogen-bond donors (Lipinski definition) is 2. The summed E-state index contributed by atoms with van der Waals surface area (Å²) in [5.41, 5.74) is 1.81. The lowest BCUT2D eigenvalue weighted by Gasteiger charge is -2.19. The van der Waals surface area contributed by atoms with Crippen molar-refractivity contribution >= 4 is 69.0 Å². The molecule has 5 aromatic rings. The molecule has 5 aromatic carbocycles. The fourth-order valence-corrected chi connectivity index (χ4v) is 6.01. The Morgan fingerprint density at radius 3 is 2.22 bits per heavy atom. The number of ketones is 2. The smallest absolute Gasteiger partial charge is 0.316 e. The molecular weight excluding hydrogens is 769 g/mol. The minimum Gasteiger partial charge on any atom is -0.497 e. The van der Waals surface area contributed by atoms with Crippen LogP contribution < -0.4 is 28.4 Å². The Bertz CT molecular complexity index is 2300. The van der Waals surface area contributed by atoms with Crippen molar-refractivity contribution in [1.82, 2.24) is 0 Å². The van der Waals surface area contributed by atoms with Crippen molar-refractivity contribution in [2.45, 2.75) is 19.1 Å². The number of Topliss-reactive ketones (excluding diaryl/α,β-unsaturated/α-hetero) is 2. The lowest BCUT2D eigenvalue weighted by Crippen LogP contribution is -2.40. The first kappa shape index (κ1) is 39.9. The molecular formula is C39H31Cl2N5O8S. The van der Waals surface area contributed by atoms with Gasteiger partial charge in [0, 0.05) is 28.3 Å². The van der Waals surface area contributed by atoms with Crippen LogP contribution in [-0.2, 0) is 16.1 Å². The molecule has 1 amide bonds. The number of nitriles is 1. The summed E-state index contributed by atoms with van der Waals surface area (Å²) in [7, 11) is 2.94. The van der Waals surface area contributed by atoms with E-state index < -0.39 is 40.9 Å². The van der Waals surface area contributed by atoms with Crippen LogP contribution in [0.3, 0.4) is 0 Å². The summed E-state index contributed by atoms with van der Waals surface area (Å²) in [6.45, 7) is 1.84. The third kappa shape index (κ3) is 10.5. The van der Waals surface area contributed by atoms with Crippen molar-refractivity contribution in [3.63, 3.8) is 0 Å². The molecule has 3 unspecified atom stereocenters. The van der Waals surface area contributed by atoms with Gasteiger partial charge in [0.2, 0.25) is 23.7 Å². The number of carbonyl (C=O) groups is 3. The van der Waals surface area contributed by atoms with E-state index in [1.165, 1.54) is 50.6 Å². The summed E-state index contributed by atoms with van der Waals surface area (Å²) in [6.07, 6.45) is -1.63. The number of methoxy groups -OCH3 is 2. The van der Waals surface area contributed by atoms with Crippen molar-refractivity contribution in [2.75, 3.05) is 24.3 Å². The minimum atomic E-state index is -2.30. The van der Waals surface area contributed by atoms with E-state index >= 15 is 0 Å². The van der Waals surface area contributed by atoms with E-state index in [-0.39, 0.29) is 44.0 Å². The summed E-state index contributed by atoms with van der Waals surface area (Å²) in [5.74, 6) is -1.12. The molecule has 0 saturated heterocycles. The monoisotopic (exact) mass is 799 g/mol. The van der Waals surface area contributed by atoms with Gasteiger partial charge in [0.15, 0.2) is 5.75 Å². The summed E-state index contributed by atoms with van der Waals surface area (Å²) < 4.78 is 37.7. The number of halogens is 2. The van der Waals surface area contributed by atoms with E-state index in [4.69, 9.17) is 41.6 Å². The van der Waals surface area contributed by atoms with Crippen molar-refractivity contribution < 1.29 is 37.0 Å². The standard InChI is InChI=1S/C39H31Cl2N5O8S/c1-23-12-17-33(52-3)30(18-23)43-39(49)38(37(48)24-8-5-4-6-9-24)53-29-11-7-10-27(21-29)46-55(50)54-34-20-26(40)19-31(35(34)41)44-45-32(22-42)36(47)25-13-15-28(51-2)16-14-25/h4-21,32,38,46H,1-3H3,(H,43,49). The Kier molecular flexibility index (Phi) is 13.5. The molecule has 0 aliphatic carbocycles. The second kappa shape index (κ2) is 18.7. The number of amides is 1. The second-order valence-corrected chi connectivity index (χ2v) is 13.1. The number of azo groups is 1. The highest BCUT2D eigenvalue weighted by Gasteiger charge is 2.31. The molecule has 5 rings (SSSR count). The molecule has 0 aliphatic heterocycles. The fourth-order valence-electron chi connectivity index (χ4n) is 4.92. The molecule has 3 atom stereocenters. The van der Waals surface area contributed by atoms with Gasteiger partial charge < -0.3 is 23.7 Å². The van der Waals surface area contributed by atoms with Crippen molar-refractivity contribution in [2.24, 2.45) is 10.2 Å². The quantitative estimate of drug-likeness (QED) is 0.0562. The molecule has 0 aromatic heterocycles. The summed E-state index contributed by atoms with van der Waals surface area (Å²) >= 11 is 10.4. The Hall–Kier alpha value is -6.27. The number of nitrogens with one attached hydrogen (secondary N) is 2. The van der Waals surface area contributed by atoms with Crippen LogP contribution in [0.15, 0.2) is 119 Å². The average molecular weight is 801 g/mol. The number of ether oxygens (including phenoxy) is 3. The van der Waals surface area contributed by atoms with E-state index in [0.29, 0.717) is 17.2 Å². The van der Waals surface area contributed by atoms with Crippen LogP contribution in [0, 0.1) is 18.3 Å². The molecule has 0 spiro atoms. The molecule has 280 valence electrons. The topological polar surface area (TPSA) is 178 Å². The van der Waals surface area contributed by atoms with Gasteiger partial charge in [0.1, 0.15) is 28.0 Å². The maximum absolute atomic E-state index is 13.6. The highest BCUT2D eigenvalue weighted by Crippen LogP contribution is 2.38. The zero-order valence-electron chi connectivity index (χ0n) is 29.3. The Balaban J connectivity index is 1.31. The fraction of sp³-hybridized carbons (Fsp3) is 0.128. The molecule has 0 fully saturated rings. The molecule has 55 heavy (non-hydrogen) atoms. The lowest BCUT2D eigenvalue weighted by molar-refractivity contribution is -0.120. The maximum atomic E-state index is 13.6. The van der Waals surface area contributed by atoms with Crippen LogP contribution >= 0.6 is 23.2 Å². The Morgan fingerprint density at radius 2 is 1.53 bits per heavy atom. The molecule has 16 heteroatoms. The normalized spacial score (nSPS) is 12.4. The number of hydrogen-bond acceptors (Lipinski definition) is 11. The molecule has 0 bridgehead atoms. The molecule has 0 saturated carbocycles. The van der Waals surface area contributed by atoms with Crippen molar-refractivity contribution in [3.8, 4) is 29.1 Å². The molecule has 0 heterocycles. The zero-order valence-corrected chi connectivity index (χ0v) is 31.6. The van der Waals surface area contributed by atoms with Crippen molar-refractivity contribution in [3.05, 3.63) is 136 Å². The van der Waals surface area contributed by atoms with Crippen LogP contribution in [0.5, 0.6) is 23.0 Å². The van der Waals surface area contributed by atoms with Crippen LogP contribution in [0.1, 0.15) is 26.3 Å². The van der Waals surface area contributed by atoms with Gasteiger partial charge in [-0.3, -0.25) is 19.1 Å². The van der Waals surface area contributed by atoms with E-state index in [1.807, 2.05) is 13.0 Å². The van der Waals surface area contributed by atoms with Gasteiger partial charge in [-0.25, -0.2) is 0 Å². The van der Waals surface area contributed by atoms with Crippen LogP contribution in [-0.4, -0.2) is 48.0 Å². The summed E-state index contributed by atoms with van der Waals surface area (Å²) in [5, 5.41) is 20.1. The highest BCUT2D eigenvalue weighted by atomic mass is 35.5. The first-order valence-electron chi connectivity index (χ1n) is 16.2. The van der Waals surface area contributed by atoms with Gasteiger partial charge in [0.25, 0.3) is 5.91 Å². The number of aryl methyl sites for hydroxylation is 1. The first-order valence-corrected chi connectivity index (χ1v) is 18.0. The zero-order chi connectivity index (χ0) is 39.5. The van der Waals surface area contributed by atoms with Gasteiger partial charge in [-0.05, 0) is 67.1 Å². The predicted octanol–water partition coefficient (Wildman–Crippen LogP) is 8.52. The van der Waals surface area contributed by atoms with Gasteiger partial charge in [-0.15, -0.1) is 0 Å². The second-order valence-electron chi connectivity index (χ2n) is 11.4. The number of nitrogens with zero attached hydrogens (tertiary/aromatic N) is 3. The van der Waals surface area contributed by atoms with Crippen LogP contribution in [0.4, 0.5) is 17.1 Å². The third-order valence-electron chi connectivity index (χ3n) is 7.61. The third-order valence-corrected chi connectivity index (χ3v) is 8.94. The maximum Gasteiger partial charge on any atom is 0.316 e.